The molecular formula is C21H25O3P. The van der Waals surface area contributed by atoms with E-state index in [0.717, 1.165) is 22.3 Å². The quantitative estimate of drug-likeness (QED) is 0.626. The van der Waals surface area contributed by atoms with Gasteiger partial charge in [-0.25, -0.2) is 0 Å². The van der Waals surface area contributed by atoms with Crippen LogP contribution >= 0.6 is 7.14 Å². The minimum Gasteiger partial charge on any atom is -0.307 e. The standard InChI is InChI=1S/C21H25O3P/c1-6-13-25(24,20(22)18-14(2)9-7-10-15(18)3)21(23)19-16(4)11-8-12-17(19)5/h7-12H,6,13H2,1-5H3. The maximum atomic E-state index is 13.7. The number of benzene rings is 2. The highest BCUT2D eigenvalue weighted by molar-refractivity contribution is 7.95. The highest BCUT2D eigenvalue weighted by Gasteiger charge is 2.41. The Labute approximate surface area is 149 Å². The van der Waals surface area contributed by atoms with Gasteiger partial charge < -0.3 is 4.57 Å². The van der Waals surface area contributed by atoms with Crippen molar-refractivity contribution in [1.82, 2.24) is 0 Å². The molecule has 0 aliphatic heterocycles. The lowest BCUT2D eigenvalue weighted by Crippen LogP contribution is -2.17. The van der Waals surface area contributed by atoms with E-state index in [9.17, 15) is 14.2 Å². The lowest BCUT2D eigenvalue weighted by molar-refractivity contribution is 0.103. The van der Waals surface area contributed by atoms with Gasteiger partial charge in [0.2, 0.25) is 18.2 Å². The average Bonchev–Trinajstić information content (AvgIpc) is 2.54. The molecule has 0 aromatic heterocycles. The molecule has 2 rings (SSSR count). The first-order valence-electron chi connectivity index (χ1n) is 8.55. The van der Waals surface area contributed by atoms with Crippen molar-refractivity contribution in [3.63, 3.8) is 0 Å². The smallest absolute Gasteiger partial charge is 0.229 e. The minimum atomic E-state index is -3.73. The van der Waals surface area contributed by atoms with Crippen LogP contribution in [0, 0.1) is 27.7 Å². The summed E-state index contributed by atoms with van der Waals surface area (Å²) in [5.41, 5.74) is 2.89. The van der Waals surface area contributed by atoms with E-state index in [-0.39, 0.29) is 6.16 Å². The van der Waals surface area contributed by atoms with Gasteiger partial charge in [0.05, 0.1) is 0 Å². The SMILES string of the molecule is CCCP(=O)(C(=O)c1c(C)cccc1C)C(=O)c1c(C)cccc1C. The van der Waals surface area contributed by atoms with E-state index in [1.165, 1.54) is 0 Å². The van der Waals surface area contributed by atoms with E-state index < -0.39 is 18.2 Å². The maximum Gasteiger partial charge on any atom is 0.229 e. The Hall–Kier alpha value is -1.99. The van der Waals surface area contributed by atoms with Crippen LogP contribution in [-0.4, -0.2) is 17.2 Å². The predicted molar refractivity (Wildman–Crippen MR) is 103 cm³/mol. The van der Waals surface area contributed by atoms with Crippen molar-refractivity contribution >= 4 is 18.2 Å². The van der Waals surface area contributed by atoms with Crippen LogP contribution in [0.25, 0.3) is 0 Å². The number of hydrogen-bond acceptors (Lipinski definition) is 3. The Bertz CT molecular complexity index is 773. The first-order valence-corrected chi connectivity index (χ1v) is 10.4. The van der Waals surface area contributed by atoms with Gasteiger partial charge in [0.15, 0.2) is 0 Å². The molecule has 0 N–H and O–H groups in total. The molecule has 0 spiro atoms. The fourth-order valence-electron chi connectivity index (χ4n) is 3.28. The summed E-state index contributed by atoms with van der Waals surface area (Å²) < 4.78 is 13.7. The molecule has 0 saturated heterocycles. The van der Waals surface area contributed by atoms with Crippen LogP contribution in [0.5, 0.6) is 0 Å². The van der Waals surface area contributed by atoms with E-state index in [2.05, 4.69) is 0 Å². The fraction of sp³-hybridized carbons (Fsp3) is 0.333. The third-order valence-corrected chi connectivity index (χ3v) is 7.42. The summed E-state index contributed by atoms with van der Waals surface area (Å²) in [7, 11) is -3.73. The molecule has 25 heavy (non-hydrogen) atoms. The van der Waals surface area contributed by atoms with Crippen molar-refractivity contribution < 1.29 is 14.2 Å². The molecule has 0 aliphatic carbocycles. The van der Waals surface area contributed by atoms with Crippen LogP contribution in [0.3, 0.4) is 0 Å². The second kappa shape index (κ2) is 7.49. The normalized spacial score (nSPS) is 11.4. The van der Waals surface area contributed by atoms with Gasteiger partial charge in [0.1, 0.15) is 0 Å². The summed E-state index contributed by atoms with van der Waals surface area (Å²) in [4.78, 5) is 26.5. The largest absolute Gasteiger partial charge is 0.307 e. The lowest BCUT2D eigenvalue weighted by Gasteiger charge is -2.19. The van der Waals surface area contributed by atoms with Gasteiger partial charge in [0, 0.05) is 17.3 Å². The van der Waals surface area contributed by atoms with Crippen LogP contribution in [0.2, 0.25) is 0 Å². The number of aryl methyl sites for hydroxylation is 4. The van der Waals surface area contributed by atoms with Gasteiger partial charge >= 0.3 is 0 Å². The molecule has 4 heteroatoms. The fourth-order valence-corrected chi connectivity index (χ4v) is 5.92. The van der Waals surface area contributed by atoms with E-state index in [0.29, 0.717) is 17.5 Å². The zero-order chi connectivity index (χ0) is 18.8. The highest BCUT2D eigenvalue weighted by atomic mass is 31.2. The molecule has 0 bridgehead atoms. The van der Waals surface area contributed by atoms with Crippen molar-refractivity contribution in [2.75, 3.05) is 6.16 Å². The minimum absolute atomic E-state index is 0.103. The third-order valence-electron chi connectivity index (χ3n) is 4.58. The Morgan fingerprint density at radius 1 is 0.760 bits per heavy atom. The number of rotatable bonds is 6. The van der Waals surface area contributed by atoms with Crippen molar-refractivity contribution in [1.29, 1.82) is 0 Å². The molecule has 0 amide bonds. The Balaban J connectivity index is 2.65. The summed E-state index contributed by atoms with van der Waals surface area (Å²) in [5, 5.41) is 0. The second-order valence-corrected chi connectivity index (χ2v) is 9.35. The van der Waals surface area contributed by atoms with Crippen LogP contribution in [0.4, 0.5) is 0 Å². The van der Waals surface area contributed by atoms with Gasteiger partial charge in [-0.15, -0.1) is 0 Å². The molecular weight excluding hydrogens is 331 g/mol. The number of carbonyl (C=O) groups is 2. The molecule has 0 saturated carbocycles. The molecule has 2 aromatic carbocycles. The van der Waals surface area contributed by atoms with Crippen LogP contribution < -0.4 is 0 Å². The summed E-state index contributed by atoms with van der Waals surface area (Å²) >= 11 is 0. The van der Waals surface area contributed by atoms with E-state index in [1.54, 1.807) is 0 Å². The Morgan fingerprint density at radius 3 is 1.36 bits per heavy atom. The molecule has 0 fully saturated rings. The molecule has 2 aromatic rings. The highest BCUT2D eigenvalue weighted by Crippen LogP contribution is 2.53. The lowest BCUT2D eigenvalue weighted by atomic mass is 10.0. The molecule has 0 unspecified atom stereocenters. The Kier molecular flexibility index (Phi) is 5.80. The van der Waals surface area contributed by atoms with Gasteiger partial charge in [-0.3, -0.25) is 9.59 Å². The second-order valence-electron chi connectivity index (χ2n) is 6.61. The maximum absolute atomic E-state index is 13.7. The first kappa shape index (κ1) is 19.3. The van der Waals surface area contributed by atoms with Crippen LogP contribution in [0.15, 0.2) is 36.4 Å². The van der Waals surface area contributed by atoms with Crippen molar-refractivity contribution in [3.8, 4) is 0 Å². The van der Waals surface area contributed by atoms with Gasteiger partial charge in [-0.05, 0) is 56.4 Å². The van der Waals surface area contributed by atoms with E-state index in [1.807, 2.05) is 71.0 Å². The zero-order valence-electron chi connectivity index (χ0n) is 15.6. The van der Waals surface area contributed by atoms with Crippen molar-refractivity contribution in [2.45, 2.75) is 41.0 Å². The van der Waals surface area contributed by atoms with Crippen LogP contribution in [-0.2, 0) is 4.57 Å². The number of hydrogen-bond donors (Lipinski definition) is 0. The molecule has 0 atom stereocenters. The van der Waals surface area contributed by atoms with Gasteiger partial charge in [-0.2, -0.15) is 0 Å². The van der Waals surface area contributed by atoms with Gasteiger partial charge in [0.25, 0.3) is 0 Å². The molecule has 0 radical (unpaired) electrons. The van der Waals surface area contributed by atoms with E-state index in [4.69, 9.17) is 0 Å². The summed E-state index contributed by atoms with van der Waals surface area (Å²) in [6.45, 7) is 9.13. The topological polar surface area (TPSA) is 51.2 Å². The monoisotopic (exact) mass is 356 g/mol. The number of carbonyl (C=O) groups excluding carboxylic acids is 2. The first-order chi connectivity index (χ1) is 11.7. The van der Waals surface area contributed by atoms with Gasteiger partial charge in [-0.1, -0.05) is 43.3 Å². The van der Waals surface area contributed by atoms with Crippen LogP contribution in [0.1, 0.15) is 56.3 Å². The Morgan fingerprint density at radius 2 is 1.08 bits per heavy atom. The third kappa shape index (κ3) is 3.52. The summed E-state index contributed by atoms with van der Waals surface area (Å²) in [6.07, 6.45) is 0.622. The summed E-state index contributed by atoms with van der Waals surface area (Å²) in [6, 6.07) is 11.0. The van der Waals surface area contributed by atoms with E-state index >= 15 is 0 Å². The molecule has 3 nitrogen and oxygen atoms in total. The average molecular weight is 356 g/mol. The predicted octanol–water partition coefficient (Wildman–Crippen LogP) is 5.67. The summed E-state index contributed by atoms with van der Waals surface area (Å²) in [5.74, 6) is 0. The molecule has 0 heterocycles. The zero-order valence-corrected chi connectivity index (χ0v) is 16.4. The van der Waals surface area contributed by atoms with Crippen molar-refractivity contribution in [2.24, 2.45) is 0 Å². The molecule has 132 valence electrons. The van der Waals surface area contributed by atoms with Crippen molar-refractivity contribution in [3.05, 3.63) is 69.8 Å². The molecule has 0 aliphatic rings.